The van der Waals surface area contributed by atoms with Crippen LogP contribution in [-0.4, -0.2) is 26.0 Å². The number of benzene rings is 2. The molecule has 0 unspecified atom stereocenters. The van der Waals surface area contributed by atoms with Crippen LogP contribution in [0.25, 0.3) is 22.4 Å². The first-order valence-corrected chi connectivity index (χ1v) is 8.47. The van der Waals surface area contributed by atoms with Gasteiger partial charge in [0, 0.05) is 11.1 Å². The molecule has 28 heavy (non-hydrogen) atoms. The number of ether oxygens (including phenoxy) is 4. The van der Waals surface area contributed by atoms with Crippen molar-refractivity contribution < 1.29 is 18.9 Å². The molecule has 4 rings (SSSR count). The zero-order chi connectivity index (χ0) is 19.7. The van der Waals surface area contributed by atoms with Gasteiger partial charge >= 0.3 is 0 Å². The normalized spacial score (nSPS) is 11.8. The van der Waals surface area contributed by atoms with Gasteiger partial charge < -0.3 is 24.7 Å². The third-order valence-corrected chi connectivity index (χ3v) is 4.53. The minimum atomic E-state index is 0.137. The average Bonchev–Trinajstić information content (AvgIpc) is 3.20. The van der Waals surface area contributed by atoms with Gasteiger partial charge in [0.2, 0.25) is 6.79 Å². The van der Waals surface area contributed by atoms with E-state index < -0.39 is 0 Å². The fourth-order valence-corrected chi connectivity index (χ4v) is 3.13. The molecule has 1 aliphatic rings. The first kappa shape index (κ1) is 17.5. The van der Waals surface area contributed by atoms with E-state index >= 15 is 0 Å². The summed E-state index contributed by atoms with van der Waals surface area (Å²) in [6.07, 6.45) is 0. The molecule has 0 amide bonds. The van der Waals surface area contributed by atoms with E-state index in [1.807, 2.05) is 24.3 Å². The van der Waals surface area contributed by atoms with Gasteiger partial charge in [-0.15, -0.1) is 0 Å². The molecule has 7 heteroatoms. The fraction of sp³-hybridized carbons (Fsp3) is 0.143. The van der Waals surface area contributed by atoms with E-state index in [0.29, 0.717) is 45.4 Å². The van der Waals surface area contributed by atoms with E-state index in [1.165, 1.54) is 0 Å². The third-order valence-electron chi connectivity index (χ3n) is 4.53. The molecular formula is C21H17N3O4. The minimum Gasteiger partial charge on any atom is -0.497 e. The maximum atomic E-state index is 9.63. The van der Waals surface area contributed by atoms with Crippen molar-refractivity contribution in [2.75, 3.05) is 26.7 Å². The molecule has 0 fully saturated rings. The lowest BCUT2D eigenvalue weighted by molar-refractivity contribution is 0.174. The minimum absolute atomic E-state index is 0.137. The van der Waals surface area contributed by atoms with Crippen molar-refractivity contribution in [3.63, 3.8) is 0 Å². The van der Waals surface area contributed by atoms with Gasteiger partial charge in [-0.1, -0.05) is 6.07 Å². The highest BCUT2D eigenvalue weighted by atomic mass is 16.7. The molecule has 2 heterocycles. The van der Waals surface area contributed by atoms with Crippen molar-refractivity contribution in [2.24, 2.45) is 0 Å². The Balaban J connectivity index is 1.92. The van der Waals surface area contributed by atoms with Gasteiger partial charge in [0.15, 0.2) is 11.5 Å². The second-order valence-corrected chi connectivity index (χ2v) is 6.06. The monoisotopic (exact) mass is 375 g/mol. The molecule has 0 atom stereocenters. The van der Waals surface area contributed by atoms with Gasteiger partial charge in [-0.2, -0.15) is 5.26 Å². The number of methoxy groups -OCH3 is 2. The Bertz CT molecular complexity index is 1110. The molecule has 1 aromatic heterocycles. The van der Waals surface area contributed by atoms with Gasteiger partial charge in [0.1, 0.15) is 28.9 Å². The van der Waals surface area contributed by atoms with Gasteiger partial charge in [-0.25, -0.2) is 4.98 Å². The summed E-state index contributed by atoms with van der Waals surface area (Å²) in [7, 11) is 3.17. The number of hydrogen-bond donors (Lipinski definition) is 1. The van der Waals surface area contributed by atoms with Crippen LogP contribution in [0, 0.1) is 11.3 Å². The van der Waals surface area contributed by atoms with E-state index in [4.69, 9.17) is 24.7 Å². The highest BCUT2D eigenvalue weighted by molar-refractivity contribution is 5.82. The summed E-state index contributed by atoms with van der Waals surface area (Å²) in [6.45, 7) is 0.175. The number of nitrogens with two attached hydrogens (primary N) is 1. The quantitative estimate of drug-likeness (QED) is 0.743. The molecule has 0 radical (unpaired) electrons. The molecule has 140 valence electrons. The van der Waals surface area contributed by atoms with Crippen LogP contribution in [0.1, 0.15) is 5.56 Å². The number of nitrogen functional groups attached to an aromatic ring is 1. The number of anilines is 1. The summed E-state index contributed by atoms with van der Waals surface area (Å²) in [4.78, 5) is 4.42. The fourth-order valence-electron chi connectivity index (χ4n) is 3.13. The molecule has 1 aliphatic heterocycles. The van der Waals surface area contributed by atoms with Crippen LogP contribution in [0.4, 0.5) is 5.82 Å². The van der Waals surface area contributed by atoms with Crippen molar-refractivity contribution in [1.29, 1.82) is 5.26 Å². The molecule has 3 aromatic rings. The number of fused-ring (bicyclic) bond motifs is 1. The number of pyridine rings is 1. The Kier molecular flexibility index (Phi) is 4.38. The second-order valence-electron chi connectivity index (χ2n) is 6.06. The van der Waals surface area contributed by atoms with E-state index in [9.17, 15) is 5.26 Å². The lowest BCUT2D eigenvalue weighted by Gasteiger charge is -2.14. The van der Waals surface area contributed by atoms with Crippen LogP contribution in [0.15, 0.2) is 42.5 Å². The topological polar surface area (TPSA) is 99.6 Å². The average molecular weight is 375 g/mol. The van der Waals surface area contributed by atoms with Crippen LogP contribution in [0.3, 0.4) is 0 Å². The molecule has 0 bridgehead atoms. The van der Waals surface area contributed by atoms with Crippen molar-refractivity contribution >= 4 is 5.82 Å². The largest absolute Gasteiger partial charge is 0.497 e. The maximum Gasteiger partial charge on any atom is 0.231 e. The van der Waals surface area contributed by atoms with E-state index in [0.717, 1.165) is 5.56 Å². The molecule has 0 aliphatic carbocycles. The van der Waals surface area contributed by atoms with E-state index in [2.05, 4.69) is 11.1 Å². The van der Waals surface area contributed by atoms with Gasteiger partial charge in [-0.05, 0) is 42.0 Å². The third kappa shape index (κ3) is 2.91. The van der Waals surface area contributed by atoms with E-state index in [-0.39, 0.29) is 12.6 Å². The summed E-state index contributed by atoms with van der Waals surface area (Å²) in [5.41, 5.74) is 9.12. The van der Waals surface area contributed by atoms with Crippen molar-refractivity contribution in [3.05, 3.63) is 48.0 Å². The van der Waals surface area contributed by atoms with Crippen molar-refractivity contribution in [2.45, 2.75) is 0 Å². The highest BCUT2D eigenvalue weighted by Gasteiger charge is 2.19. The molecule has 7 nitrogen and oxygen atoms in total. The highest BCUT2D eigenvalue weighted by Crippen LogP contribution is 2.40. The Morgan fingerprint density at radius 2 is 1.82 bits per heavy atom. The number of aromatic nitrogens is 1. The van der Waals surface area contributed by atoms with Crippen LogP contribution in [0.5, 0.6) is 23.0 Å². The second kappa shape index (κ2) is 7.00. The molecule has 0 spiro atoms. The molecule has 2 N–H and O–H groups in total. The van der Waals surface area contributed by atoms with Gasteiger partial charge in [0.05, 0.1) is 19.9 Å². The molecular weight excluding hydrogens is 358 g/mol. The number of nitrogens with zero attached hydrogens (tertiary/aromatic N) is 2. The predicted molar refractivity (Wildman–Crippen MR) is 103 cm³/mol. The predicted octanol–water partition coefficient (Wildman–Crippen LogP) is 3.62. The molecule has 0 saturated carbocycles. The zero-order valence-electron chi connectivity index (χ0n) is 15.4. The first-order valence-electron chi connectivity index (χ1n) is 8.47. The van der Waals surface area contributed by atoms with Crippen LogP contribution < -0.4 is 24.7 Å². The number of nitriles is 1. The smallest absolute Gasteiger partial charge is 0.231 e. The number of hydrogen-bond acceptors (Lipinski definition) is 7. The van der Waals surface area contributed by atoms with Gasteiger partial charge in [0.25, 0.3) is 0 Å². The van der Waals surface area contributed by atoms with Crippen LogP contribution in [-0.2, 0) is 0 Å². The summed E-state index contributed by atoms with van der Waals surface area (Å²) >= 11 is 0. The van der Waals surface area contributed by atoms with Crippen LogP contribution >= 0.6 is 0 Å². The van der Waals surface area contributed by atoms with Gasteiger partial charge in [-0.3, -0.25) is 0 Å². The van der Waals surface area contributed by atoms with Crippen molar-refractivity contribution in [3.8, 4) is 51.5 Å². The summed E-state index contributed by atoms with van der Waals surface area (Å²) < 4.78 is 21.6. The Morgan fingerprint density at radius 3 is 2.57 bits per heavy atom. The standard InChI is InChI=1S/C21H17N3O4/c1-25-13-4-6-18(26-2)15(8-13)17-9-14(16(10-22)21(23)24-17)12-3-5-19-20(7-12)28-11-27-19/h3-9H,11H2,1-2H3,(H2,23,24). The SMILES string of the molecule is COc1ccc(OC)c(-c2cc(-c3ccc4c(c3)OCO4)c(C#N)c(N)n2)c1. The summed E-state index contributed by atoms with van der Waals surface area (Å²) in [5, 5.41) is 9.63. The Hall–Kier alpha value is -3.92. The zero-order valence-corrected chi connectivity index (χ0v) is 15.4. The molecule has 2 aromatic carbocycles. The summed E-state index contributed by atoms with van der Waals surface area (Å²) in [5.74, 6) is 2.70. The van der Waals surface area contributed by atoms with Crippen LogP contribution in [0.2, 0.25) is 0 Å². The lowest BCUT2D eigenvalue weighted by atomic mass is 9.97. The Morgan fingerprint density at radius 1 is 1.00 bits per heavy atom. The first-order chi connectivity index (χ1) is 13.6. The maximum absolute atomic E-state index is 9.63. The summed E-state index contributed by atoms with van der Waals surface area (Å²) in [6, 6.07) is 14.9. The lowest BCUT2D eigenvalue weighted by Crippen LogP contribution is -2.01. The Labute approximate surface area is 161 Å². The number of rotatable bonds is 4. The van der Waals surface area contributed by atoms with Crippen molar-refractivity contribution in [1.82, 2.24) is 4.98 Å². The van der Waals surface area contributed by atoms with E-state index in [1.54, 1.807) is 32.4 Å². The molecule has 0 saturated heterocycles.